The minimum atomic E-state index is 0.837. The Balaban J connectivity index is 2.23. The van der Waals surface area contributed by atoms with Crippen LogP contribution in [0.25, 0.3) is 0 Å². The van der Waals surface area contributed by atoms with Crippen LogP contribution < -0.4 is 9.88 Å². The Morgan fingerprint density at radius 1 is 1.29 bits per heavy atom. The van der Waals surface area contributed by atoms with E-state index in [1.807, 2.05) is 6.08 Å². The Morgan fingerprint density at radius 2 is 2.00 bits per heavy atom. The number of aromatic nitrogens is 1. The van der Waals surface area contributed by atoms with Gasteiger partial charge in [-0.05, 0) is 26.0 Å². The Morgan fingerprint density at radius 3 is 2.65 bits per heavy atom. The molecule has 0 aliphatic rings. The summed E-state index contributed by atoms with van der Waals surface area (Å²) < 4.78 is 2.22. The van der Waals surface area contributed by atoms with Gasteiger partial charge in [-0.1, -0.05) is 41.7 Å². The first-order valence-electron chi connectivity index (χ1n) is 5.63. The van der Waals surface area contributed by atoms with Gasteiger partial charge in [0.05, 0.1) is 0 Å². The smallest absolute Gasteiger partial charge is 0.231 e. The van der Waals surface area contributed by atoms with Gasteiger partial charge < -0.3 is 0 Å². The van der Waals surface area contributed by atoms with Gasteiger partial charge in [-0.25, -0.2) is 9.88 Å². The topological polar surface area (TPSA) is 15.9 Å². The highest BCUT2D eigenvalue weighted by molar-refractivity contribution is 7.13. The van der Waals surface area contributed by atoms with Crippen LogP contribution in [-0.4, -0.2) is 0 Å². The second-order valence-corrected chi connectivity index (χ2v) is 4.93. The summed E-state index contributed by atoms with van der Waals surface area (Å²) >= 11 is 1.72. The highest BCUT2D eigenvalue weighted by Crippen LogP contribution is 2.19. The lowest BCUT2D eigenvalue weighted by atomic mass is 10.2. The lowest BCUT2D eigenvalue weighted by molar-refractivity contribution is -0.674. The van der Waals surface area contributed by atoms with Crippen LogP contribution >= 0.6 is 11.3 Å². The van der Waals surface area contributed by atoms with E-state index < -0.39 is 0 Å². The lowest BCUT2D eigenvalue weighted by Crippen LogP contribution is -2.35. The van der Waals surface area contributed by atoms with Crippen LogP contribution in [0.3, 0.4) is 0 Å². The molecule has 1 aromatic heterocycles. The molecule has 2 rings (SSSR count). The zero-order valence-corrected chi connectivity index (χ0v) is 11.1. The molecule has 1 aromatic carbocycles. The summed E-state index contributed by atoms with van der Waals surface area (Å²) in [6.07, 6.45) is 1.92. The van der Waals surface area contributed by atoms with E-state index in [-0.39, 0.29) is 0 Å². The van der Waals surface area contributed by atoms with Gasteiger partial charge >= 0.3 is 5.13 Å². The molecule has 0 unspecified atom stereocenters. The van der Waals surface area contributed by atoms with Gasteiger partial charge in [-0.2, -0.15) is 0 Å². The Bertz CT molecular complexity index is 512. The quantitative estimate of drug-likeness (QED) is 0.643. The molecule has 0 radical (unpaired) electrons. The van der Waals surface area contributed by atoms with E-state index in [4.69, 9.17) is 0 Å². The lowest BCUT2D eigenvalue weighted by Gasteiger charge is -2.01. The largest absolute Gasteiger partial charge is 0.339 e. The summed E-state index contributed by atoms with van der Waals surface area (Å²) in [7, 11) is 0. The van der Waals surface area contributed by atoms with E-state index in [0.29, 0.717) is 0 Å². The normalized spacial score (nSPS) is 10.2. The third kappa shape index (κ3) is 2.74. The van der Waals surface area contributed by atoms with Crippen molar-refractivity contribution in [3.63, 3.8) is 0 Å². The molecule has 0 saturated heterocycles. The molecule has 0 amide bonds. The van der Waals surface area contributed by atoms with E-state index in [0.717, 1.165) is 17.4 Å². The molecule has 1 heterocycles. The number of benzene rings is 1. The number of hydrogen-bond acceptors (Lipinski definition) is 2. The maximum Gasteiger partial charge on any atom is 0.339 e. The maximum absolute atomic E-state index is 3.79. The number of nitrogens with zero attached hydrogens (tertiary/aromatic N) is 1. The fraction of sp³-hybridized carbons (Fsp3) is 0.214. The van der Waals surface area contributed by atoms with Crippen LogP contribution in [0.1, 0.15) is 11.3 Å². The van der Waals surface area contributed by atoms with Gasteiger partial charge in [0.25, 0.3) is 0 Å². The molecular formula is C14H17N2S+. The van der Waals surface area contributed by atoms with Gasteiger partial charge in [0.1, 0.15) is 17.9 Å². The van der Waals surface area contributed by atoms with E-state index in [2.05, 4.69) is 60.0 Å². The molecule has 0 spiro atoms. The monoisotopic (exact) mass is 245 g/mol. The molecule has 0 aliphatic carbocycles. The number of hydrogen-bond donors (Lipinski definition) is 1. The second kappa shape index (κ2) is 5.15. The molecule has 3 heteroatoms. The van der Waals surface area contributed by atoms with Crippen LogP contribution in [0.5, 0.6) is 0 Å². The van der Waals surface area contributed by atoms with Crippen molar-refractivity contribution in [1.29, 1.82) is 0 Å². The molecule has 1 N–H and O–H groups in total. The van der Waals surface area contributed by atoms with Gasteiger partial charge in [0.2, 0.25) is 0 Å². The number of thiazole rings is 1. The van der Waals surface area contributed by atoms with Crippen molar-refractivity contribution in [1.82, 2.24) is 0 Å². The fourth-order valence-corrected chi connectivity index (χ4v) is 2.57. The molecule has 0 saturated carbocycles. The predicted octanol–water partition coefficient (Wildman–Crippen LogP) is 3.58. The van der Waals surface area contributed by atoms with Gasteiger partial charge in [-0.3, -0.25) is 0 Å². The van der Waals surface area contributed by atoms with Crippen LogP contribution in [0.2, 0.25) is 0 Å². The number of aryl methyl sites for hydroxylation is 2. The van der Waals surface area contributed by atoms with E-state index in [1.165, 1.54) is 11.3 Å². The van der Waals surface area contributed by atoms with Crippen molar-refractivity contribution in [3.05, 3.63) is 53.6 Å². The first kappa shape index (κ1) is 11.9. The molecular weight excluding hydrogens is 228 g/mol. The molecule has 0 aliphatic heterocycles. The minimum Gasteiger partial charge on any atom is -0.231 e. The summed E-state index contributed by atoms with van der Waals surface area (Å²) in [4.78, 5) is 0. The van der Waals surface area contributed by atoms with Crippen LogP contribution in [-0.2, 0) is 6.54 Å². The summed E-state index contributed by atoms with van der Waals surface area (Å²) in [5.41, 5.74) is 3.65. The van der Waals surface area contributed by atoms with Gasteiger partial charge in [0.15, 0.2) is 0 Å². The summed E-state index contributed by atoms with van der Waals surface area (Å²) in [5, 5.41) is 6.74. The van der Waals surface area contributed by atoms with Crippen molar-refractivity contribution in [2.75, 3.05) is 5.32 Å². The first-order chi connectivity index (χ1) is 8.20. The van der Waals surface area contributed by atoms with E-state index in [1.54, 1.807) is 11.3 Å². The first-order valence-corrected chi connectivity index (χ1v) is 6.51. The van der Waals surface area contributed by atoms with Crippen molar-refractivity contribution >= 4 is 22.2 Å². The van der Waals surface area contributed by atoms with Gasteiger partial charge in [-0.15, -0.1) is 0 Å². The average Bonchev–Trinajstić information content (AvgIpc) is 2.65. The third-order valence-corrected chi connectivity index (χ3v) is 3.63. The molecule has 0 fully saturated rings. The van der Waals surface area contributed by atoms with E-state index >= 15 is 0 Å². The van der Waals surface area contributed by atoms with Crippen LogP contribution in [0, 0.1) is 13.8 Å². The molecule has 2 aromatic rings. The number of nitrogens with one attached hydrogen (secondary N) is 1. The zero-order chi connectivity index (χ0) is 12.3. The molecule has 0 atom stereocenters. The number of allylic oxidation sites excluding steroid dienone is 1. The number of rotatable bonds is 4. The average molecular weight is 245 g/mol. The number of anilines is 2. The van der Waals surface area contributed by atoms with Crippen LogP contribution in [0.4, 0.5) is 10.8 Å². The Hall–Kier alpha value is -1.61. The third-order valence-electron chi connectivity index (χ3n) is 2.63. The molecule has 0 bridgehead atoms. The van der Waals surface area contributed by atoms with Crippen molar-refractivity contribution in [2.45, 2.75) is 20.4 Å². The zero-order valence-electron chi connectivity index (χ0n) is 10.2. The van der Waals surface area contributed by atoms with Crippen molar-refractivity contribution in [3.8, 4) is 0 Å². The van der Waals surface area contributed by atoms with Gasteiger partial charge in [0, 0.05) is 5.38 Å². The molecule has 88 valence electrons. The minimum absolute atomic E-state index is 0.837. The highest BCUT2D eigenvalue weighted by atomic mass is 32.1. The maximum atomic E-state index is 3.79. The Kier molecular flexibility index (Phi) is 3.59. The van der Waals surface area contributed by atoms with Crippen molar-refractivity contribution in [2.24, 2.45) is 0 Å². The SMILES string of the molecule is C=CC[n+]1c(C)csc1Nc1ccc(C)cc1. The van der Waals surface area contributed by atoms with Crippen molar-refractivity contribution < 1.29 is 4.57 Å². The molecule has 17 heavy (non-hydrogen) atoms. The summed E-state index contributed by atoms with van der Waals surface area (Å²) in [6, 6.07) is 8.42. The molecule has 2 nitrogen and oxygen atoms in total. The highest BCUT2D eigenvalue weighted by Gasteiger charge is 2.13. The summed E-state index contributed by atoms with van der Waals surface area (Å²) in [5.74, 6) is 0. The summed E-state index contributed by atoms with van der Waals surface area (Å²) in [6.45, 7) is 8.83. The van der Waals surface area contributed by atoms with Crippen LogP contribution in [0.15, 0.2) is 42.3 Å². The predicted molar refractivity (Wildman–Crippen MR) is 73.9 cm³/mol. The Labute approximate surface area is 106 Å². The second-order valence-electron chi connectivity index (χ2n) is 4.07. The standard InChI is InChI=1S/C14H16N2S/c1-4-9-16-12(3)10-17-14(16)15-13-7-5-11(2)6-8-13/h4-8,10H,1,9H2,2-3H3/p+1. The van der Waals surface area contributed by atoms with E-state index in [9.17, 15) is 0 Å². The fourth-order valence-electron chi connectivity index (χ4n) is 1.64.